The molecular formula is C28H30ClN5O3S2. The maximum absolute atomic E-state index is 12.7. The van der Waals surface area contributed by atoms with Gasteiger partial charge in [-0.3, -0.25) is 14.4 Å². The average Bonchev–Trinajstić information content (AvgIpc) is 3.34. The average molecular weight is 584 g/mol. The minimum atomic E-state index is -3.80. The number of rotatable bonds is 8. The van der Waals surface area contributed by atoms with Gasteiger partial charge in [-0.15, -0.1) is 0 Å². The molecule has 11 heteroatoms. The first-order valence-electron chi connectivity index (χ1n) is 12.7. The maximum Gasteiger partial charge on any atom is 0.261 e. The number of nitrogens with one attached hydrogen (secondary N) is 2. The van der Waals surface area contributed by atoms with Gasteiger partial charge in [0.15, 0.2) is 5.13 Å². The van der Waals surface area contributed by atoms with Crippen LogP contribution in [-0.4, -0.2) is 63.5 Å². The summed E-state index contributed by atoms with van der Waals surface area (Å²) < 4.78 is 29.1. The van der Waals surface area contributed by atoms with E-state index >= 15 is 0 Å². The molecule has 2 heterocycles. The number of fused-ring (bicyclic) bond motifs is 1. The van der Waals surface area contributed by atoms with Crippen molar-refractivity contribution in [1.29, 1.82) is 0 Å². The van der Waals surface area contributed by atoms with Crippen LogP contribution in [0.5, 0.6) is 0 Å². The number of anilines is 2. The summed E-state index contributed by atoms with van der Waals surface area (Å²) in [6.45, 7) is 9.03. The van der Waals surface area contributed by atoms with Gasteiger partial charge in [-0.25, -0.2) is 13.4 Å². The lowest BCUT2D eigenvalue weighted by atomic mass is 10.1. The Bertz CT molecular complexity index is 1600. The zero-order valence-corrected chi connectivity index (χ0v) is 24.2. The van der Waals surface area contributed by atoms with Gasteiger partial charge >= 0.3 is 0 Å². The van der Waals surface area contributed by atoms with E-state index in [0.29, 0.717) is 22.8 Å². The van der Waals surface area contributed by atoms with Crippen LogP contribution in [0.15, 0.2) is 65.6 Å². The number of sulfonamides is 1. The van der Waals surface area contributed by atoms with E-state index in [1.807, 2.05) is 0 Å². The Morgan fingerprint density at radius 3 is 2.51 bits per heavy atom. The standard InChI is InChI=1S/C28H30ClN5O3S2/c1-19-16-20(2)26-25(17-19)38-28(31-26)34-14-12-33(13-15-34)11-10-30-27(35)21-4-3-5-23(18-21)32-39(36,37)24-8-6-22(29)7-9-24/h3-9,16-18,32H,10-15H2,1-2H3,(H,30,35). The molecule has 39 heavy (non-hydrogen) atoms. The van der Waals surface area contributed by atoms with Gasteiger partial charge in [0.2, 0.25) is 0 Å². The van der Waals surface area contributed by atoms with Crippen molar-refractivity contribution in [3.63, 3.8) is 0 Å². The molecule has 0 unspecified atom stereocenters. The number of benzene rings is 3. The van der Waals surface area contributed by atoms with E-state index in [1.165, 1.54) is 46.2 Å². The first-order chi connectivity index (χ1) is 18.7. The van der Waals surface area contributed by atoms with Gasteiger partial charge in [0.25, 0.3) is 15.9 Å². The second kappa shape index (κ2) is 11.5. The van der Waals surface area contributed by atoms with Crippen molar-refractivity contribution in [2.75, 3.05) is 48.9 Å². The van der Waals surface area contributed by atoms with Gasteiger partial charge in [0, 0.05) is 55.5 Å². The van der Waals surface area contributed by atoms with Crippen molar-refractivity contribution in [3.8, 4) is 0 Å². The highest BCUT2D eigenvalue weighted by molar-refractivity contribution is 7.92. The fourth-order valence-corrected chi connectivity index (χ4v) is 7.01. The van der Waals surface area contributed by atoms with Crippen LogP contribution >= 0.6 is 22.9 Å². The maximum atomic E-state index is 12.7. The minimum Gasteiger partial charge on any atom is -0.351 e. The first-order valence-corrected chi connectivity index (χ1v) is 15.4. The second-order valence-electron chi connectivity index (χ2n) is 9.65. The molecule has 1 fully saturated rings. The monoisotopic (exact) mass is 583 g/mol. The lowest BCUT2D eigenvalue weighted by molar-refractivity contribution is 0.0948. The Balaban J connectivity index is 1.11. The molecule has 0 spiro atoms. The molecule has 0 aliphatic carbocycles. The molecule has 204 valence electrons. The quantitative estimate of drug-likeness (QED) is 0.306. The predicted octanol–water partition coefficient (Wildman–Crippen LogP) is 4.92. The van der Waals surface area contributed by atoms with Gasteiger partial charge < -0.3 is 10.2 Å². The highest BCUT2D eigenvalue weighted by atomic mass is 35.5. The molecule has 2 N–H and O–H groups in total. The molecule has 0 atom stereocenters. The van der Waals surface area contributed by atoms with Gasteiger partial charge in [-0.1, -0.05) is 35.1 Å². The Hall–Kier alpha value is -3.18. The summed E-state index contributed by atoms with van der Waals surface area (Å²) in [5.41, 5.74) is 4.26. The number of aromatic nitrogens is 1. The van der Waals surface area contributed by atoms with E-state index in [1.54, 1.807) is 29.5 Å². The molecular weight excluding hydrogens is 554 g/mol. The van der Waals surface area contributed by atoms with Crippen LogP contribution in [-0.2, 0) is 10.0 Å². The van der Waals surface area contributed by atoms with Crippen LogP contribution in [0, 0.1) is 13.8 Å². The largest absolute Gasteiger partial charge is 0.351 e. The SMILES string of the molecule is Cc1cc(C)c2nc(N3CCN(CCNC(=O)c4cccc(NS(=O)(=O)c5ccc(Cl)cc5)c4)CC3)sc2c1. The fraction of sp³-hybridized carbons (Fsp3) is 0.286. The summed E-state index contributed by atoms with van der Waals surface area (Å²) in [5, 5.41) is 4.47. The molecule has 0 saturated carbocycles. The number of nitrogens with zero attached hydrogens (tertiary/aromatic N) is 3. The third-order valence-corrected chi connectivity index (χ3v) is 9.39. The number of carbonyl (C=O) groups excluding carboxylic acids is 1. The third kappa shape index (κ3) is 6.52. The molecule has 4 aromatic rings. The highest BCUT2D eigenvalue weighted by Crippen LogP contribution is 2.32. The van der Waals surface area contributed by atoms with Crippen LogP contribution in [0.25, 0.3) is 10.2 Å². The second-order valence-corrected chi connectivity index (χ2v) is 12.8. The van der Waals surface area contributed by atoms with Gasteiger partial charge in [-0.2, -0.15) is 0 Å². The van der Waals surface area contributed by atoms with E-state index in [4.69, 9.17) is 16.6 Å². The highest BCUT2D eigenvalue weighted by Gasteiger charge is 2.21. The number of halogens is 1. The number of carbonyl (C=O) groups is 1. The lowest BCUT2D eigenvalue weighted by Gasteiger charge is -2.34. The van der Waals surface area contributed by atoms with E-state index in [9.17, 15) is 13.2 Å². The van der Waals surface area contributed by atoms with Gasteiger partial charge in [-0.05, 0) is 73.5 Å². The van der Waals surface area contributed by atoms with Gasteiger partial charge in [0.1, 0.15) is 0 Å². The topological polar surface area (TPSA) is 94.6 Å². The van der Waals surface area contributed by atoms with Crippen molar-refractivity contribution < 1.29 is 13.2 Å². The fourth-order valence-electron chi connectivity index (χ4n) is 4.64. The van der Waals surface area contributed by atoms with Crippen molar-refractivity contribution in [2.24, 2.45) is 0 Å². The summed E-state index contributed by atoms with van der Waals surface area (Å²) in [6.07, 6.45) is 0. The third-order valence-electron chi connectivity index (χ3n) is 6.68. The Kier molecular flexibility index (Phi) is 8.08. The van der Waals surface area contributed by atoms with Crippen LogP contribution in [0.4, 0.5) is 10.8 Å². The molecule has 3 aromatic carbocycles. The summed E-state index contributed by atoms with van der Waals surface area (Å²) >= 11 is 7.60. The molecule has 1 aliphatic rings. The molecule has 8 nitrogen and oxygen atoms in total. The number of aryl methyl sites for hydroxylation is 2. The molecule has 1 amide bonds. The number of thiazole rings is 1. The smallest absolute Gasteiger partial charge is 0.261 e. The molecule has 1 aromatic heterocycles. The van der Waals surface area contributed by atoms with Crippen molar-refractivity contribution in [2.45, 2.75) is 18.7 Å². The summed E-state index contributed by atoms with van der Waals surface area (Å²) in [6, 6.07) is 16.7. The van der Waals surface area contributed by atoms with E-state index < -0.39 is 10.0 Å². The zero-order valence-electron chi connectivity index (χ0n) is 21.8. The molecule has 0 radical (unpaired) electrons. The Morgan fingerprint density at radius 2 is 1.77 bits per heavy atom. The van der Waals surface area contributed by atoms with Crippen molar-refractivity contribution in [1.82, 2.24) is 15.2 Å². The van der Waals surface area contributed by atoms with E-state index in [2.05, 4.69) is 45.8 Å². The van der Waals surface area contributed by atoms with E-state index in [0.717, 1.165) is 43.4 Å². The number of hydrogen-bond donors (Lipinski definition) is 2. The lowest BCUT2D eigenvalue weighted by Crippen LogP contribution is -2.48. The van der Waals surface area contributed by atoms with E-state index in [-0.39, 0.29) is 10.8 Å². The number of piperazine rings is 1. The van der Waals surface area contributed by atoms with Crippen LogP contribution in [0.1, 0.15) is 21.5 Å². The Labute approximate surface area is 237 Å². The number of hydrogen-bond acceptors (Lipinski definition) is 7. The Morgan fingerprint density at radius 1 is 1.03 bits per heavy atom. The van der Waals surface area contributed by atoms with Crippen molar-refractivity contribution >= 4 is 59.9 Å². The minimum absolute atomic E-state index is 0.0928. The molecule has 5 rings (SSSR count). The zero-order chi connectivity index (χ0) is 27.6. The molecule has 1 aliphatic heterocycles. The van der Waals surface area contributed by atoms with Crippen LogP contribution < -0.4 is 14.9 Å². The summed E-state index contributed by atoms with van der Waals surface area (Å²) in [7, 11) is -3.80. The van der Waals surface area contributed by atoms with Crippen LogP contribution in [0.3, 0.4) is 0 Å². The molecule has 1 saturated heterocycles. The first kappa shape index (κ1) is 27.4. The van der Waals surface area contributed by atoms with Gasteiger partial charge in [0.05, 0.1) is 15.1 Å². The van der Waals surface area contributed by atoms with Crippen molar-refractivity contribution in [3.05, 3.63) is 82.4 Å². The summed E-state index contributed by atoms with van der Waals surface area (Å²) in [5.74, 6) is -0.249. The molecule has 0 bridgehead atoms. The normalized spacial score (nSPS) is 14.5. The number of amides is 1. The predicted molar refractivity (Wildman–Crippen MR) is 159 cm³/mol. The van der Waals surface area contributed by atoms with Crippen LogP contribution in [0.2, 0.25) is 5.02 Å². The summed E-state index contributed by atoms with van der Waals surface area (Å²) in [4.78, 5) is 22.4.